The molecule has 0 aliphatic carbocycles. The monoisotopic (exact) mass is 359 g/mol. The van der Waals surface area contributed by atoms with Gasteiger partial charge in [0.15, 0.2) is 10.9 Å². The lowest BCUT2D eigenvalue weighted by Crippen LogP contribution is -2.07. The fourth-order valence-electron chi connectivity index (χ4n) is 2.27. The van der Waals surface area contributed by atoms with Crippen molar-refractivity contribution < 1.29 is 18.7 Å². The van der Waals surface area contributed by atoms with E-state index in [0.29, 0.717) is 28.8 Å². The van der Waals surface area contributed by atoms with Crippen LogP contribution in [-0.4, -0.2) is 40.5 Å². The number of rotatable bonds is 8. The molecule has 3 aromatic rings. The summed E-state index contributed by atoms with van der Waals surface area (Å²) in [6.45, 7) is 0.513. The van der Waals surface area contributed by atoms with E-state index in [2.05, 4.69) is 10.2 Å². The van der Waals surface area contributed by atoms with Gasteiger partial charge >= 0.3 is 0 Å². The molecule has 0 amide bonds. The van der Waals surface area contributed by atoms with Gasteiger partial charge < -0.3 is 18.5 Å². The van der Waals surface area contributed by atoms with Crippen molar-refractivity contribution >= 4 is 17.5 Å². The van der Waals surface area contributed by atoms with E-state index in [1.807, 2.05) is 16.7 Å². The molecule has 0 aliphatic heterocycles. The number of methoxy groups -OCH3 is 2. The molecular weight excluding hydrogens is 342 g/mol. The second-order valence-electron chi connectivity index (χ2n) is 5.10. The Balaban J connectivity index is 1.70. The van der Waals surface area contributed by atoms with E-state index >= 15 is 0 Å². The molecule has 1 aromatic carbocycles. The average molecular weight is 359 g/mol. The fraction of sp³-hybridized carbons (Fsp3) is 0.235. The first-order valence-electron chi connectivity index (χ1n) is 7.49. The van der Waals surface area contributed by atoms with Gasteiger partial charge in [0.25, 0.3) is 0 Å². The number of Topliss-reactive ketones (excluding diaryl/α,β-unsaturated/α-hetero) is 1. The number of ketones is 1. The molecule has 7 nitrogen and oxygen atoms in total. The lowest BCUT2D eigenvalue weighted by Gasteiger charge is -2.09. The standard InChI is InChI=1S/C17H17N3O4S/c1-22-12-5-6-16(23-2)14(8-12)15(21)10-25-17-19-18-11-20(17)9-13-4-3-7-24-13/h3-8,11H,9-10H2,1-2H3. The highest BCUT2D eigenvalue weighted by Gasteiger charge is 2.16. The van der Waals surface area contributed by atoms with Gasteiger partial charge in [0, 0.05) is 0 Å². The van der Waals surface area contributed by atoms with Gasteiger partial charge in [0.2, 0.25) is 0 Å². The van der Waals surface area contributed by atoms with Crippen molar-refractivity contribution in [2.45, 2.75) is 11.7 Å². The zero-order valence-corrected chi connectivity index (χ0v) is 14.7. The van der Waals surface area contributed by atoms with E-state index in [4.69, 9.17) is 13.9 Å². The number of hydrogen-bond acceptors (Lipinski definition) is 7. The van der Waals surface area contributed by atoms with Gasteiger partial charge in [-0.05, 0) is 30.3 Å². The van der Waals surface area contributed by atoms with Gasteiger partial charge in [-0.2, -0.15) is 0 Å². The molecule has 0 saturated heterocycles. The maximum absolute atomic E-state index is 12.6. The number of hydrogen-bond donors (Lipinski definition) is 0. The van der Waals surface area contributed by atoms with E-state index in [-0.39, 0.29) is 11.5 Å². The predicted octanol–water partition coefficient (Wildman–Crippen LogP) is 2.91. The Morgan fingerprint density at radius 1 is 1.28 bits per heavy atom. The zero-order chi connectivity index (χ0) is 17.6. The molecule has 0 spiro atoms. The van der Waals surface area contributed by atoms with Crippen LogP contribution in [0.2, 0.25) is 0 Å². The maximum Gasteiger partial charge on any atom is 0.191 e. The van der Waals surface area contributed by atoms with Crippen molar-refractivity contribution in [3.05, 3.63) is 54.2 Å². The predicted molar refractivity (Wildman–Crippen MR) is 92.4 cm³/mol. The van der Waals surface area contributed by atoms with E-state index in [1.54, 1.807) is 37.9 Å². The number of thioether (sulfide) groups is 1. The third-order valence-electron chi connectivity index (χ3n) is 3.53. The summed E-state index contributed by atoms with van der Waals surface area (Å²) in [6, 6.07) is 8.85. The molecule has 2 aromatic heterocycles. The number of aromatic nitrogens is 3. The van der Waals surface area contributed by atoms with Gasteiger partial charge in [0.1, 0.15) is 23.6 Å². The zero-order valence-electron chi connectivity index (χ0n) is 13.8. The molecule has 8 heteroatoms. The molecule has 2 heterocycles. The lowest BCUT2D eigenvalue weighted by molar-refractivity contribution is 0.101. The third-order valence-corrected chi connectivity index (χ3v) is 4.51. The van der Waals surface area contributed by atoms with Crippen molar-refractivity contribution in [3.63, 3.8) is 0 Å². The first-order valence-corrected chi connectivity index (χ1v) is 8.48. The van der Waals surface area contributed by atoms with Crippen molar-refractivity contribution in [3.8, 4) is 11.5 Å². The second-order valence-corrected chi connectivity index (χ2v) is 6.04. The molecule has 3 rings (SSSR count). The minimum atomic E-state index is -0.0756. The van der Waals surface area contributed by atoms with Gasteiger partial charge in [-0.3, -0.25) is 4.79 Å². The quantitative estimate of drug-likeness (QED) is 0.452. The number of carbonyl (C=O) groups is 1. The Bertz CT molecular complexity index is 845. The largest absolute Gasteiger partial charge is 0.497 e. The molecule has 0 saturated carbocycles. The highest BCUT2D eigenvalue weighted by atomic mass is 32.2. The van der Waals surface area contributed by atoms with Crippen LogP contribution in [0.4, 0.5) is 0 Å². The summed E-state index contributed by atoms with van der Waals surface area (Å²) >= 11 is 1.31. The van der Waals surface area contributed by atoms with Crippen molar-refractivity contribution in [1.82, 2.24) is 14.8 Å². The molecule has 25 heavy (non-hydrogen) atoms. The summed E-state index contributed by atoms with van der Waals surface area (Å²) in [5.74, 6) is 2.05. The maximum atomic E-state index is 12.6. The van der Waals surface area contributed by atoms with Crippen LogP contribution in [0.25, 0.3) is 0 Å². The first kappa shape index (κ1) is 17.1. The molecule has 0 radical (unpaired) electrons. The molecule has 0 atom stereocenters. The summed E-state index contributed by atoms with van der Waals surface area (Å²) in [5, 5.41) is 8.62. The summed E-state index contributed by atoms with van der Waals surface area (Å²) in [4.78, 5) is 12.6. The van der Waals surface area contributed by atoms with Crippen LogP contribution in [0, 0.1) is 0 Å². The van der Waals surface area contributed by atoms with Gasteiger partial charge in [-0.15, -0.1) is 10.2 Å². The average Bonchev–Trinajstić information content (AvgIpc) is 3.31. The number of furan rings is 1. The van der Waals surface area contributed by atoms with Crippen LogP contribution in [0.5, 0.6) is 11.5 Å². The Labute approximate surface area is 149 Å². The molecular formula is C17H17N3O4S. The fourth-order valence-corrected chi connectivity index (χ4v) is 3.07. The van der Waals surface area contributed by atoms with E-state index in [0.717, 1.165) is 5.76 Å². The topological polar surface area (TPSA) is 79.4 Å². The van der Waals surface area contributed by atoms with Crippen molar-refractivity contribution in [2.24, 2.45) is 0 Å². The van der Waals surface area contributed by atoms with E-state index in [9.17, 15) is 4.79 Å². The smallest absolute Gasteiger partial charge is 0.191 e. The normalized spacial score (nSPS) is 10.6. The summed E-state index contributed by atoms with van der Waals surface area (Å²) in [6.07, 6.45) is 3.23. The van der Waals surface area contributed by atoms with Crippen molar-refractivity contribution in [2.75, 3.05) is 20.0 Å². The minimum absolute atomic E-state index is 0.0756. The van der Waals surface area contributed by atoms with Crippen LogP contribution in [0.1, 0.15) is 16.1 Å². The lowest BCUT2D eigenvalue weighted by atomic mass is 10.1. The van der Waals surface area contributed by atoms with Crippen LogP contribution in [-0.2, 0) is 6.54 Å². The number of benzene rings is 1. The minimum Gasteiger partial charge on any atom is -0.497 e. The number of ether oxygens (including phenoxy) is 2. The third kappa shape index (κ3) is 4.03. The highest BCUT2D eigenvalue weighted by molar-refractivity contribution is 7.99. The van der Waals surface area contributed by atoms with Crippen LogP contribution in [0.15, 0.2) is 52.5 Å². The molecule has 0 bridgehead atoms. The van der Waals surface area contributed by atoms with Crippen molar-refractivity contribution in [1.29, 1.82) is 0 Å². The number of carbonyl (C=O) groups excluding carboxylic acids is 1. The summed E-state index contributed by atoms with van der Waals surface area (Å²) < 4.78 is 17.6. The molecule has 0 aliphatic rings. The Kier molecular flexibility index (Phi) is 5.39. The summed E-state index contributed by atoms with van der Waals surface area (Å²) in [7, 11) is 3.09. The number of nitrogens with zero attached hydrogens (tertiary/aromatic N) is 3. The highest BCUT2D eigenvalue weighted by Crippen LogP contribution is 2.26. The molecule has 0 N–H and O–H groups in total. The van der Waals surface area contributed by atoms with E-state index < -0.39 is 0 Å². The Hall–Kier alpha value is -2.74. The van der Waals surface area contributed by atoms with Gasteiger partial charge in [0.05, 0.1) is 38.3 Å². The van der Waals surface area contributed by atoms with E-state index in [1.165, 1.54) is 18.9 Å². The summed E-state index contributed by atoms with van der Waals surface area (Å²) in [5.41, 5.74) is 0.478. The first-order chi connectivity index (χ1) is 12.2. The van der Waals surface area contributed by atoms with Gasteiger partial charge in [-0.25, -0.2) is 0 Å². The molecule has 0 fully saturated rings. The van der Waals surface area contributed by atoms with Crippen LogP contribution < -0.4 is 9.47 Å². The van der Waals surface area contributed by atoms with Crippen LogP contribution in [0.3, 0.4) is 0 Å². The van der Waals surface area contributed by atoms with Gasteiger partial charge in [-0.1, -0.05) is 11.8 Å². The molecule has 130 valence electrons. The SMILES string of the molecule is COc1ccc(OC)c(C(=O)CSc2nncn2Cc2ccco2)c1. The Morgan fingerprint density at radius 3 is 2.88 bits per heavy atom. The Morgan fingerprint density at radius 2 is 2.16 bits per heavy atom. The second kappa shape index (κ2) is 7.89. The van der Waals surface area contributed by atoms with Crippen LogP contribution >= 0.6 is 11.8 Å². The molecule has 0 unspecified atom stereocenters.